The first-order valence-corrected chi connectivity index (χ1v) is 8.78. The SMILES string of the molecule is C[C@@H]1C[C@H]1C(=O)N1CCC[C@H](c2cc(=O)[nH]c(-c3cnccn3)n2)C1. The van der Waals surface area contributed by atoms with Crippen molar-refractivity contribution in [1.82, 2.24) is 24.8 Å². The van der Waals surface area contributed by atoms with Crippen molar-refractivity contribution in [2.75, 3.05) is 13.1 Å². The van der Waals surface area contributed by atoms with Gasteiger partial charge in [-0.3, -0.25) is 14.6 Å². The van der Waals surface area contributed by atoms with Crippen LogP contribution in [-0.4, -0.2) is 43.8 Å². The zero-order valence-electron chi connectivity index (χ0n) is 14.2. The van der Waals surface area contributed by atoms with Crippen LogP contribution in [0, 0.1) is 11.8 Å². The Bertz CT molecular complexity index is 835. The number of aromatic amines is 1. The second kappa shape index (κ2) is 6.38. The first-order valence-electron chi connectivity index (χ1n) is 8.78. The fourth-order valence-electron chi connectivity index (χ4n) is 3.55. The Morgan fingerprint density at radius 1 is 1.36 bits per heavy atom. The Hall–Kier alpha value is -2.57. The molecule has 3 heterocycles. The maximum atomic E-state index is 12.5. The molecule has 0 aromatic carbocycles. The van der Waals surface area contributed by atoms with Gasteiger partial charge in [0.15, 0.2) is 5.82 Å². The highest BCUT2D eigenvalue weighted by molar-refractivity contribution is 5.81. The summed E-state index contributed by atoms with van der Waals surface area (Å²) in [7, 11) is 0. The van der Waals surface area contributed by atoms with Crippen molar-refractivity contribution >= 4 is 5.91 Å². The lowest BCUT2D eigenvalue weighted by Crippen LogP contribution is -2.40. The van der Waals surface area contributed by atoms with Crippen LogP contribution in [0.3, 0.4) is 0 Å². The number of carbonyl (C=O) groups excluding carboxylic acids is 1. The van der Waals surface area contributed by atoms with Gasteiger partial charge in [-0.2, -0.15) is 0 Å². The van der Waals surface area contributed by atoms with E-state index in [1.807, 2.05) is 4.90 Å². The van der Waals surface area contributed by atoms with E-state index in [-0.39, 0.29) is 23.3 Å². The van der Waals surface area contributed by atoms with E-state index < -0.39 is 0 Å². The summed E-state index contributed by atoms with van der Waals surface area (Å²) in [6, 6.07) is 1.54. The number of H-pyrrole nitrogens is 1. The first-order chi connectivity index (χ1) is 12.1. The molecule has 7 nitrogen and oxygen atoms in total. The van der Waals surface area contributed by atoms with Crippen LogP contribution < -0.4 is 5.56 Å². The molecule has 0 bridgehead atoms. The third kappa shape index (κ3) is 3.31. The average molecular weight is 339 g/mol. The molecule has 2 fully saturated rings. The molecule has 1 saturated carbocycles. The molecular formula is C18H21N5O2. The monoisotopic (exact) mass is 339 g/mol. The molecule has 1 aliphatic heterocycles. The van der Waals surface area contributed by atoms with Crippen LogP contribution in [0.4, 0.5) is 0 Å². The van der Waals surface area contributed by atoms with E-state index in [9.17, 15) is 9.59 Å². The van der Waals surface area contributed by atoms with E-state index in [1.54, 1.807) is 18.6 Å². The normalized spacial score (nSPS) is 25.6. The molecule has 0 radical (unpaired) electrons. The molecular weight excluding hydrogens is 318 g/mol. The molecule has 25 heavy (non-hydrogen) atoms. The minimum atomic E-state index is -0.204. The molecule has 1 amide bonds. The van der Waals surface area contributed by atoms with Crippen LogP contribution in [0.2, 0.25) is 0 Å². The molecule has 2 aliphatic rings. The van der Waals surface area contributed by atoms with Gasteiger partial charge in [0.1, 0.15) is 5.69 Å². The number of nitrogens with one attached hydrogen (secondary N) is 1. The largest absolute Gasteiger partial charge is 0.342 e. The number of rotatable bonds is 3. The average Bonchev–Trinajstić information content (AvgIpc) is 3.38. The van der Waals surface area contributed by atoms with E-state index >= 15 is 0 Å². The lowest BCUT2D eigenvalue weighted by molar-refractivity contribution is -0.134. The summed E-state index contributed by atoms with van der Waals surface area (Å²) in [5.41, 5.74) is 1.06. The number of carbonyl (C=O) groups is 1. The second-order valence-electron chi connectivity index (χ2n) is 7.05. The Kier molecular flexibility index (Phi) is 4.07. The zero-order valence-corrected chi connectivity index (χ0v) is 14.2. The van der Waals surface area contributed by atoms with Crippen LogP contribution in [0.1, 0.15) is 37.8 Å². The molecule has 1 N–H and O–H groups in total. The Labute approximate surface area is 145 Å². The van der Waals surface area contributed by atoms with Gasteiger partial charge in [-0.15, -0.1) is 0 Å². The van der Waals surface area contributed by atoms with Crippen LogP contribution in [-0.2, 0) is 4.79 Å². The maximum absolute atomic E-state index is 12.5. The van der Waals surface area contributed by atoms with E-state index in [4.69, 9.17) is 0 Å². The molecule has 1 saturated heterocycles. The van der Waals surface area contributed by atoms with Crippen LogP contribution >= 0.6 is 0 Å². The Morgan fingerprint density at radius 2 is 2.20 bits per heavy atom. The molecule has 3 atom stereocenters. The molecule has 0 spiro atoms. The molecule has 4 rings (SSSR count). The number of hydrogen-bond donors (Lipinski definition) is 1. The van der Waals surface area contributed by atoms with E-state index in [1.165, 1.54) is 6.07 Å². The van der Waals surface area contributed by atoms with Crippen LogP contribution in [0.5, 0.6) is 0 Å². The lowest BCUT2D eigenvalue weighted by atomic mass is 9.94. The van der Waals surface area contributed by atoms with Gasteiger partial charge in [0.05, 0.1) is 11.9 Å². The zero-order chi connectivity index (χ0) is 17.4. The summed E-state index contributed by atoms with van der Waals surface area (Å²) in [6.45, 7) is 3.56. The van der Waals surface area contributed by atoms with E-state index in [0.717, 1.165) is 31.5 Å². The number of aromatic nitrogens is 4. The summed E-state index contributed by atoms with van der Waals surface area (Å²) >= 11 is 0. The van der Waals surface area contributed by atoms with Gasteiger partial charge < -0.3 is 9.88 Å². The van der Waals surface area contributed by atoms with Crippen molar-refractivity contribution in [3.63, 3.8) is 0 Å². The molecule has 1 aliphatic carbocycles. The van der Waals surface area contributed by atoms with E-state index in [2.05, 4.69) is 26.9 Å². The maximum Gasteiger partial charge on any atom is 0.251 e. The highest BCUT2D eigenvalue weighted by atomic mass is 16.2. The minimum absolute atomic E-state index is 0.0875. The summed E-state index contributed by atoms with van der Waals surface area (Å²) in [5.74, 6) is 1.48. The Morgan fingerprint density at radius 3 is 2.92 bits per heavy atom. The van der Waals surface area contributed by atoms with Gasteiger partial charge in [-0.25, -0.2) is 9.97 Å². The van der Waals surface area contributed by atoms with E-state index in [0.29, 0.717) is 24.0 Å². The standard InChI is InChI=1S/C18H21N5O2/c1-11-7-13(11)18(25)23-6-2-3-12(10-23)14-8-16(24)22-17(21-14)15-9-19-4-5-20-15/h4-5,8-9,11-13H,2-3,6-7,10H2,1H3,(H,21,22,24)/t11-,12+,13-/m1/s1. The fraction of sp³-hybridized carbons (Fsp3) is 0.500. The Balaban J connectivity index is 1.58. The number of piperidine rings is 1. The molecule has 2 aromatic rings. The molecule has 0 unspecified atom stereocenters. The first kappa shape index (κ1) is 15.9. The number of hydrogen-bond acceptors (Lipinski definition) is 5. The van der Waals surface area contributed by atoms with Crippen LogP contribution in [0.25, 0.3) is 11.5 Å². The van der Waals surface area contributed by atoms with Crippen molar-refractivity contribution < 1.29 is 4.79 Å². The summed E-state index contributed by atoms with van der Waals surface area (Å²) in [4.78, 5) is 42.1. The van der Waals surface area contributed by atoms with Crippen LogP contribution in [0.15, 0.2) is 29.5 Å². The number of amides is 1. The van der Waals surface area contributed by atoms with Gasteiger partial charge in [-0.1, -0.05) is 6.92 Å². The van der Waals surface area contributed by atoms with Gasteiger partial charge in [0.2, 0.25) is 5.91 Å². The van der Waals surface area contributed by atoms with Gasteiger partial charge in [0, 0.05) is 43.4 Å². The predicted octanol–water partition coefficient (Wildman–Crippen LogP) is 1.59. The summed E-state index contributed by atoms with van der Waals surface area (Å²) in [6.07, 6.45) is 7.59. The molecule has 2 aromatic heterocycles. The van der Waals surface area contributed by atoms with Gasteiger partial charge in [-0.05, 0) is 25.2 Å². The summed E-state index contributed by atoms with van der Waals surface area (Å²) in [5, 5.41) is 0. The highest BCUT2D eigenvalue weighted by Gasteiger charge is 2.42. The number of nitrogens with zero attached hydrogens (tertiary/aromatic N) is 4. The van der Waals surface area contributed by atoms with Crippen molar-refractivity contribution in [3.8, 4) is 11.5 Å². The van der Waals surface area contributed by atoms with Crippen molar-refractivity contribution in [2.24, 2.45) is 11.8 Å². The smallest absolute Gasteiger partial charge is 0.251 e. The fourth-order valence-corrected chi connectivity index (χ4v) is 3.55. The number of likely N-dealkylation sites (tertiary alicyclic amines) is 1. The lowest BCUT2D eigenvalue weighted by Gasteiger charge is -2.32. The quantitative estimate of drug-likeness (QED) is 0.917. The summed E-state index contributed by atoms with van der Waals surface area (Å²) < 4.78 is 0. The van der Waals surface area contributed by atoms with Crippen molar-refractivity contribution in [1.29, 1.82) is 0 Å². The van der Waals surface area contributed by atoms with Gasteiger partial charge in [0.25, 0.3) is 5.56 Å². The van der Waals surface area contributed by atoms with Crippen molar-refractivity contribution in [3.05, 3.63) is 40.7 Å². The third-order valence-corrected chi connectivity index (χ3v) is 5.15. The minimum Gasteiger partial charge on any atom is -0.342 e. The highest BCUT2D eigenvalue weighted by Crippen LogP contribution is 2.40. The predicted molar refractivity (Wildman–Crippen MR) is 91.7 cm³/mol. The third-order valence-electron chi connectivity index (χ3n) is 5.15. The second-order valence-corrected chi connectivity index (χ2v) is 7.05. The van der Waals surface area contributed by atoms with Gasteiger partial charge >= 0.3 is 0 Å². The topological polar surface area (TPSA) is 91.8 Å². The molecule has 7 heteroatoms. The molecule has 130 valence electrons. The van der Waals surface area contributed by atoms with Crippen molar-refractivity contribution in [2.45, 2.75) is 32.1 Å².